The molecule has 5 heteroatoms. The second-order valence-electron chi connectivity index (χ2n) is 6.15. The summed E-state index contributed by atoms with van der Waals surface area (Å²) >= 11 is 0. The average molecular weight is 302 g/mol. The molecule has 1 fully saturated rings. The molecule has 2 atom stereocenters. The smallest absolute Gasteiger partial charge is 0.127 e. The van der Waals surface area contributed by atoms with Crippen LogP contribution >= 0.6 is 0 Å². The molecule has 0 amide bonds. The number of nitrogens with one attached hydrogen (secondary N) is 1. The largest absolute Gasteiger partial charge is 0.373 e. The summed E-state index contributed by atoms with van der Waals surface area (Å²) in [5.74, 6) is 0.796. The van der Waals surface area contributed by atoms with E-state index in [1.54, 1.807) is 12.1 Å². The number of nitriles is 1. The molecule has 1 aliphatic heterocycles. The van der Waals surface area contributed by atoms with Crippen LogP contribution in [0.3, 0.4) is 0 Å². The van der Waals surface area contributed by atoms with Gasteiger partial charge in [0.15, 0.2) is 0 Å². The van der Waals surface area contributed by atoms with E-state index in [1.807, 2.05) is 6.92 Å². The molecule has 0 aliphatic carbocycles. The molecule has 1 saturated heterocycles. The van der Waals surface area contributed by atoms with E-state index in [-0.39, 0.29) is 0 Å². The van der Waals surface area contributed by atoms with E-state index in [1.165, 1.54) is 0 Å². The monoisotopic (exact) mass is 302 g/mol. The van der Waals surface area contributed by atoms with Gasteiger partial charge in [0.2, 0.25) is 0 Å². The van der Waals surface area contributed by atoms with Crippen molar-refractivity contribution in [3.63, 3.8) is 0 Å². The highest BCUT2D eigenvalue weighted by molar-refractivity contribution is 5.44. The van der Waals surface area contributed by atoms with Crippen molar-refractivity contribution in [1.82, 2.24) is 9.88 Å². The zero-order valence-corrected chi connectivity index (χ0v) is 13.8. The van der Waals surface area contributed by atoms with Gasteiger partial charge >= 0.3 is 0 Å². The van der Waals surface area contributed by atoms with Crippen molar-refractivity contribution in [2.45, 2.75) is 45.8 Å². The van der Waals surface area contributed by atoms with Gasteiger partial charge in [0, 0.05) is 25.3 Å². The van der Waals surface area contributed by atoms with Crippen molar-refractivity contribution in [3.05, 3.63) is 23.4 Å². The van der Waals surface area contributed by atoms with Crippen LogP contribution in [0.2, 0.25) is 0 Å². The molecule has 0 bridgehead atoms. The molecule has 2 rings (SSSR count). The fourth-order valence-corrected chi connectivity index (χ4v) is 2.97. The van der Waals surface area contributed by atoms with Crippen LogP contribution in [0.25, 0.3) is 0 Å². The third-order valence-corrected chi connectivity index (χ3v) is 3.78. The van der Waals surface area contributed by atoms with Gasteiger partial charge in [0.1, 0.15) is 5.82 Å². The first-order valence-corrected chi connectivity index (χ1v) is 8.07. The molecule has 0 radical (unpaired) electrons. The van der Waals surface area contributed by atoms with Gasteiger partial charge < -0.3 is 10.1 Å². The number of pyridine rings is 1. The number of nitrogens with zero attached hydrogens (tertiary/aromatic N) is 3. The summed E-state index contributed by atoms with van der Waals surface area (Å²) in [6, 6.07) is 5.76. The number of aryl methyl sites for hydroxylation is 1. The van der Waals surface area contributed by atoms with Gasteiger partial charge in [-0.2, -0.15) is 5.26 Å². The van der Waals surface area contributed by atoms with Crippen LogP contribution in [-0.4, -0.2) is 48.3 Å². The van der Waals surface area contributed by atoms with Gasteiger partial charge in [0.25, 0.3) is 0 Å². The SMILES string of the molecule is Cc1cc(C#N)cc(NCCCCN2CC(C)OC(C)C2)n1. The van der Waals surface area contributed by atoms with Crippen LogP contribution in [0.4, 0.5) is 5.82 Å². The zero-order valence-electron chi connectivity index (χ0n) is 13.8. The van der Waals surface area contributed by atoms with Gasteiger partial charge in [-0.05, 0) is 52.3 Å². The lowest BCUT2D eigenvalue weighted by atomic mass is 10.2. The van der Waals surface area contributed by atoms with Crippen molar-refractivity contribution < 1.29 is 4.74 Å². The van der Waals surface area contributed by atoms with E-state index < -0.39 is 0 Å². The number of ether oxygens (including phenoxy) is 1. The van der Waals surface area contributed by atoms with Crippen LogP contribution in [0.5, 0.6) is 0 Å². The topological polar surface area (TPSA) is 61.2 Å². The number of rotatable bonds is 6. The van der Waals surface area contributed by atoms with Crippen molar-refractivity contribution in [2.24, 2.45) is 0 Å². The Bertz CT molecular complexity index is 516. The third kappa shape index (κ3) is 5.28. The molecule has 1 aromatic rings. The van der Waals surface area contributed by atoms with Crippen molar-refractivity contribution in [3.8, 4) is 6.07 Å². The molecular weight excluding hydrogens is 276 g/mol. The Kier molecular flexibility index (Phi) is 6.17. The van der Waals surface area contributed by atoms with Crippen LogP contribution < -0.4 is 5.32 Å². The molecule has 0 spiro atoms. The molecule has 120 valence electrons. The van der Waals surface area contributed by atoms with E-state index in [2.05, 4.69) is 35.1 Å². The molecule has 22 heavy (non-hydrogen) atoms. The third-order valence-electron chi connectivity index (χ3n) is 3.78. The Labute approximate surface area is 133 Å². The fraction of sp³-hybridized carbons (Fsp3) is 0.647. The highest BCUT2D eigenvalue weighted by Gasteiger charge is 2.21. The lowest BCUT2D eigenvalue weighted by molar-refractivity contribution is -0.0681. The van der Waals surface area contributed by atoms with Crippen molar-refractivity contribution in [2.75, 3.05) is 31.5 Å². The zero-order chi connectivity index (χ0) is 15.9. The average Bonchev–Trinajstić information content (AvgIpc) is 2.45. The number of aromatic nitrogens is 1. The summed E-state index contributed by atoms with van der Waals surface area (Å²) in [6.45, 7) is 10.3. The maximum Gasteiger partial charge on any atom is 0.127 e. The lowest BCUT2D eigenvalue weighted by Crippen LogP contribution is -2.45. The fourth-order valence-electron chi connectivity index (χ4n) is 2.97. The Morgan fingerprint density at radius 2 is 2.05 bits per heavy atom. The molecule has 1 aromatic heterocycles. The minimum atomic E-state index is 0.336. The predicted octanol–water partition coefficient (Wildman–Crippen LogP) is 2.56. The van der Waals surface area contributed by atoms with E-state index in [4.69, 9.17) is 10.00 Å². The normalized spacial score (nSPS) is 22.3. The van der Waals surface area contributed by atoms with Gasteiger partial charge in [-0.15, -0.1) is 0 Å². The first kappa shape index (κ1) is 16.7. The number of anilines is 1. The molecule has 2 heterocycles. The summed E-state index contributed by atoms with van der Waals surface area (Å²) in [4.78, 5) is 6.88. The molecule has 5 nitrogen and oxygen atoms in total. The Hall–Kier alpha value is -1.64. The van der Waals surface area contributed by atoms with Crippen LogP contribution in [0, 0.1) is 18.3 Å². The second-order valence-corrected chi connectivity index (χ2v) is 6.15. The molecule has 1 aliphatic rings. The minimum absolute atomic E-state index is 0.336. The number of hydrogen-bond acceptors (Lipinski definition) is 5. The first-order valence-electron chi connectivity index (χ1n) is 8.07. The predicted molar refractivity (Wildman–Crippen MR) is 87.9 cm³/mol. The van der Waals surface area contributed by atoms with Gasteiger partial charge in [0.05, 0.1) is 23.8 Å². The molecule has 0 aromatic carbocycles. The van der Waals surface area contributed by atoms with E-state index in [9.17, 15) is 0 Å². The summed E-state index contributed by atoms with van der Waals surface area (Å²) in [5.41, 5.74) is 1.53. The Morgan fingerprint density at radius 1 is 1.32 bits per heavy atom. The van der Waals surface area contributed by atoms with Crippen molar-refractivity contribution in [1.29, 1.82) is 5.26 Å². The number of unbranched alkanes of at least 4 members (excludes halogenated alkanes) is 1. The van der Waals surface area contributed by atoms with Crippen molar-refractivity contribution >= 4 is 5.82 Å². The van der Waals surface area contributed by atoms with Crippen LogP contribution in [0.15, 0.2) is 12.1 Å². The highest BCUT2D eigenvalue weighted by atomic mass is 16.5. The maximum atomic E-state index is 8.96. The second kappa shape index (κ2) is 8.11. The molecule has 2 unspecified atom stereocenters. The van der Waals surface area contributed by atoms with Crippen LogP contribution in [0.1, 0.15) is 37.9 Å². The molecular formula is C17H26N4O. The number of hydrogen-bond donors (Lipinski definition) is 1. The standard InChI is InChI=1S/C17H26N4O/c1-13-8-16(10-18)9-17(20-13)19-6-4-5-7-21-11-14(2)22-15(3)12-21/h8-9,14-15H,4-7,11-12H2,1-3H3,(H,19,20). The van der Waals surface area contributed by atoms with Gasteiger partial charge in [-0.1, -0.05) is 0 Å². The summed E-state index contributed by atoms with van der Waals surface area (Å²) in [5, 5.41) is 12.3. The lowest BCUT2D eigenvalue weighted by Gasteiger charge is -2.35. The summed E-state index contributed by atoms with van der Waals surface area (Å²) in [7, 11) is 0. The Balaban J connectivity index is 1.67. The van der Waals surface area contributed by atoms with E-state index >= 15 is 0 Å². The Morgan fingerprint density at radius 3 is 2.73 bits per heavy atom. The molecule has 1 N–H and O–H groups in total. The van der Waals surface area contributed by atoms with Gasteiger partial charge in [-0.25, -0.2) is 4.98 Å². The van der Waals surface area contributed by atoms with E-state index in [0.29, 0.717) is 17.8 Å². The van der Waals surface area contributed by atoms with Gasteiger partial charge in [-0.3, -0.25) is 4.90 Å². The first-order chi connectivity index (χ1) is 10.6. The number of morpholine rings is 1. The quantitative estimate of drug-likeness (QED) is 0.818. The highest BCUT2D eigenvalue weighted by Crippen LogP contribution is 2.12. The summed E-state index contributed by atoms with van der Waals surface area (Å²) in [6.07, 6.45) is 2.92. The maximum absolute atomic E-state index is 8.96. The minimum Gasteiger partial charge on any atom is -0.373 e. The molecule has 0 saturated carbocycles. The van der Waals surface area contributed by atoms with Crippen LogP contribution in [-0.2, 0) is 4.74 Å². The van der Waals surface area contributed by atoms with E-state index in [0.717, 1.165) is 50.5 Å². The summed E-state index contributed by atoms with van der Waals surface area (Å²) < 4.78 is 5.75.